The fourth-order valence-corrected chi connectivity index (χ4v) is 3.78. The van der Waals surface area contributed by atoms with E-state index in [1.807, 2.05) is 62.5 Å². The Morgan fingerprint density at radius 3 is 2.59 bits per heavy atom. The first-order valence-electron chi connectivity index (χ1n) is 8.37. The molecular formula is C20H20BrN3O2S. The van der Waals surface area contributed by atoms with Gasteiger partial charge in [0.1, 0.15) is 5.75 Å². The van der Waals surface area contributed by atoms with Crippen LogP contribution in [0.25, 0.3) is 0 Å². The zero-order chi connectivity index (χ0) is 19.6. The molecule has 27 heavy (non-hydrogen) atoms. The minimum absolute atomic E-state index is 0.209. The first-order valence-corrected chi connectivity index (χ1v) is 9.58. The van der Waals surface area contributed by atoms with Gasteiger partial charge in [0, 0.05) is 17.2 Å². The molecule has 5 nitrogen and oxygen atoms in total. The Labute approximate surface area is 172 Å². The van der Waals surface area contributed by atoms with Gasteiger partial charge in [0.25, 0.3) is 5.91 Å². The Morgan fingerprint density at radius 1 is 1.22 bits per heavy atom. The Balaban J connectivity index is 2.04. The molecule has 3 rings (SSSR count). The fourth-order valence-electron chi connectivity index (χ4n) is 3.01. The van der Waals surface area contributed by atoms with E-state index in [0.29, 0.717) is 22.1 Å². The highest BCUT2D eigenvalue weighted by atomic mass is 79.9. The highest BCUT2D eigenvalue weighted by molar-refractivity contribution is 9.10. The number of halogens is 1. The van der Waals surface area contributed by atoms with Crippen LogP contribution < -0.4 is 15.4 Å². The Kier molecular flexibility index (Phi) is 5.82. The highest BCUT2D eigenvalue weighted by Gasteiger charge is 2.33. The second kappa shape index (κ2) is 8.10. The van der Waals surface area contributed by atoms with E-state index in [9.17, 15) is 4.79 Å². The first-order chi connectivity index (χ1) is 12.9. The molecule has 1 aliphatic rings. The molecule has 2 N–H and O–H groups in total. The number of anilines is 1. The topological polar surface area (TPSA) is 53.6 Å². The fraction of sp³-hybridized carbons (Fsp3) is 0.200. The second-order valence-electron chi connectivity index (χ2n) is 6.12. The van der Waals surface area contributed by atoms with Gasteiger partial charge in [-0.1, -0.05) is 46.3 Å². The van der Waals surface area contributed by atoms with Crippen LogP contribution in [0.5, 0.6) is 5.75 Å². The molecule has 2 aromatic rings. The Hall–Kier alpha value is -2.38. The molecule has 0 fully saturated rings. The molecule has 7 heteroatoms. The summed E-state index contributed by atoms with van der Waals surface area (Å²) < 4.78 is 6.25. The van der Waals surface area contributed by atoms with Crippen molar-refractivity contribution in [2.75, 3.05) is 19.5 Å². The number of carbonyl (C=O) groups is 1. The minimum atomic E-state index is -0.362. The van der Waals surface area contributed by atoms with Gasteiger partial charge in [0.15, 0.2) is 5.11 Å². The van der Waals surface area contributed by atoms with Crippen molar-refractivity contribution in [3.8, 4) is 5.75 Å². The molecule has 0 saturated carbocycles. The lowest BCUT2D eigenvalue weighted by Crippen LogP contribution is -2.46. The van der Waals surface area contributed by atoms with Gasteiger partial charge in [-0.25, -0.2) is 0 Å². The Bertz CT molecular complexity index is 929. The van der Waals surface area contributed by atoms with E-state index in [2.05, 4.69) is 26.6 Å². The van der Waals surface area contributed by atoms with Gasteiger partial charge in [0.05, 0.1) is 24.4 Å². The molecule has 1 amide bonds. The van der Waals surface area contributed by atoms with Crippen LogP contribution >= 0.6 is 28.1 Å². The van der Waals surface area contributed by atoms with E-state index >= 15 is 0 Å². The maximum atomic E-state index is 13.2. The zero-order valence-corrected chi connectivity index (χ0v) is 17.6. The lowest BCUT2D eigenvalue weighted by Gasteiger charge is -2.36. The van der Waals surface area contributed by atoms with Gasteiger partial charge in [-0.2, -0.15) is 0 Å². The van der Waals surface area contributed by atoms with Crippen LogP contribution in [0.3, 0.4) is 0 Å². The number of ether oxygens (including phenoxy) is 1. The maximum Gasteiger partial charge on any atom is 0.255 e. The molecule has 0 aromatic heterocycles. The van der Waals surface area contributed by atoms with Crippen molar-refractivity contribution >= 4 is 44.9 Å². The van der Waals surface area contributed by atoms with E-state index in [0.717, 1.165) is 15.7 Å². The average molecular weight is 446 g/mol. The number of nitrogens with zero attached hydrogens (tertiary/aromatic N) is 1. The van der Waals surface area contributed by atoms with Crippen molar-refractivity contribution in [2.45, 2.75) is 13.0 Å². The number of thiocarbonyl (C=S) groups is 1. The van der Waals surface area contributed by atoms with Crippen molar-refractivity contribution in [1.82, 2.24) is 10.2 Å². The van der Waals surface area contributed by atoms with Gasteiger partial charge in [-0.05, 0) is 42.9 Å². The molecule has 1 unspecified atom stereocenters. The van der Waals surface area contributed by atoms with Gasteiger partial charge in [0.2, 0.25) is 0 Å². The lowest BCUT2D eigenvalue weighted by atomic mass is 9.94. The summed E-state index contributed by atoms with van der Waals surface area (Å²) in [7, 11) is 3.42. The van der Waals surface area contributed by atoms with E-state index in [4.69, 9.17) is 17.0 Å². The van der Waals surface area contributed by atoms with Crippen molar-refractivity contribution in [1.29, 1.82) is 0 Å². The summed E-state index contributed by atoms with van der Waals surface area (Å²) in [5.74, 6) is 0.397. The van der Waals surface area contributed by atoms with Crippen LogP contribution in [0.15, 0.2) is 64.3 Å². The summed E-state index contributed by atoms with van der Waals surface area (Å²) in [4.78, 5) is 15.0. The van der Waals surface area contributed by atoms with E-state index in [1.54, 1.807) is 12.0 Å². The summed E-state index contributed by atoms with van der Waals surface area (Å²) >= 11 is 9.03. The third-order valence-electron chi connectivity index (χ3n) is 4.57. The smallest absolute Gasteiger partial charge is 0.255 e. The summed E-state index contributed by atoms with van der Waals surface area (Å²) in [6.45, 7) is 1.90. The number of carbonyl (C=O) groups excluding carboxylic acids is 1. The van der Waals surface area contributed by atoms with Crippen LogP contribution in [-0.2, 0) is 4.79 Å². The number of methoxy groups -OCH3 is 1. The molecule has 0 aliphatic carbocycles. The van der Waals surface area contributed by atoms with Crippen LogP contribution in [0.2, 0.25) is 0 Å². The quantitative estimate of drug-likeness (QED) is 0.689. The molecule has 0 saturated heterocycles. The average Bonchev–Trinajstić information content (AvgIpc) is 2.66. The molecule has 0 bridgehead atoms. The number of para-hydroxylation sites is 2. The number of rotatable bonds is 4. The van der Waals surface area contributed by atoms with Crippen LogP contribution in [0.4, 0.5) is 5.69 Å². The molecule has 0 spiro atoms. The number of nitrogens with one attached hydrogen (secondary N) is 2. The van der Waals surface area contributed by atoms with E-state index in [1.165, 1.54) is 0 Å². The predicted octanol–water partition coefficient (Wildman–Crippen LogP) is 4.23. The molecule has 1 heterocycles. The van der Waals surface area contributed by atoms with Crippen molar-refractivity contribution in [3.05, 3.63) is 69.8 Å². The van der Waals surface area contributed by atoms with Gasteiger partial charge in [-0.15, -0.1) is 0 Å². The van der Waals surface area contributed by atoms with Crippen molar-refractivity contribution in [3.63, 3.8) is 0 Å². The third-order valence-corrected chi connectivity index (χ3v) is 5.68. The van der Waals surface area contributed by atoms with E-state index in [-0.39, 0.29) is 11.9 Å². The minimum Gasteiger partial charge on any atom is -0.495 e. The summed E-state index contributed by atoms with van der Waals surface area (Å²) in [6.07, 6.45) is 0. The zero-order valence-electron chi connectivity index (χ0n) is 15.2. The molecule has 140 valence electrons. The number of hydrogen-bond donors (Lipinski definition) is 2. The first kappa shape index (κ1) is 19.4. The van der Waals surface area contributed by atoms with Gasteiger partial charge in [-0.3, -0.25) is 4.79 Å². The molecule has 1 atom stereocenters. The SMILES string of the molecule is COc1ccccc1NC(=O)C1=C(C)N(C)C(=S)NC1c1ccccc1Br. The largest absolute Gasteiger partial charge is 0.495 e. The predicted molar refractivity (Wildman–Crippen MR) is 115 cm³/mol. The molecule has 0 radical (unpaired) electrons. The van der Waals surface area contributed by atoms with Gasteiger partial charge >= 0.3 is 0 Å². The number of allylic oxidation sites excluding steroid dienone is 1. The molecular weight excluding hydrogens is 426 g/mol. The number of hydrogen-bond acceptors (Lipinski definition) is 3. The van der Waals surface area contributed by atoms with Gasteiger partial charge < -0.3 is 20.3 Å². The van der Waals surface area contributed by atoms with Crippen LogP contribution in [-0.4, -0.2) is 30.1 Å². The standard InChI is InChI=1S/C20H20BrN3O2S/c1-12-17(19(25)22-15-10-6-7-11-16(15)26-3)18(23-20(27)24(12)2)13-8-4-5-9-14(13)21/h4-11,18H,1-3H3,(H,22,25)(H,23,27). The van der Waals surface area contributed by atoms with Crippen molar-refractivity contribution in [2.24, 2.45) is 0 Å². The normalized spacial score (nSPS) is 16.8. The van der Waals surface area contributed by atoms with Crippen LogP contribution in [0.1, 0.15) is 18.5 Å². The monoisotopic (exact) mass is 445 g/mol. The molecule has 2 aromatic carbocycles. The number of benzene rings is 2. The summed E-state index contributed by atoms with van der Waals surface area (Å²) in [5, 5.41) is 6.82. The second-order valence-corrected chi connectivity index (χ2v) is 7.36. The third kappa shape index (κ3) is 3.84. The molecule has 1 aliphatic heterocycles. The Morgan fingerprint density at radius 2 is 1.89 bits per heavy atom. The lowest BCUT2D eigenvalue weighted by molar-refractivity contribution is -0.113. The summed E-state index contributed by atoms with van der Waals surface area (Å²) in [6, 6.07) is 14.8. The van der Waals surface area contributed by atoms with Crippen molar-refractivity contribution < 1.29 is 9.53 Å². The van der Waals surface area contributed by atoms with E-state index < -0.39 is 0 Å². The summed E-state index contributed by atoms with van der Waals surface area (Å²) in [5.41, 5.74) is 2.96. The number of amides is 1. The highest BCUT2D eigenvalue weighted by Crippen LogP contribution is 2.35. The maximum absolute atomic E-state index is 13.2. The van der Waals surface area contributed by atoms with Crippen LogP contribution in [0, 0.1) is 0 Å².